The van der Waals surface area contributed by atoms with Crippen LogP contribution < -0.4 is 0 Å². The highest BCUT2D eigenvalue weighted by atomic mass is 32.2. The molecule has 1 fully saturated rings. The van der Waals surface area contributed by atoms with E-state index in [0.29, 0.717) is 4.90 Å². The van der Waals surface area contributed by atoms with Gasteiger partial charge in [-0.15, -0.1) is 11.8 Å². The van der Waals surface area contributed by atoms with Crippen LogP contribution >= 0.6 is 11.8 Å². The number of halogens is 1. The average Bonchev–Trinajstić information content (AvgIpc) is 2.80. The fraction of sp³-hybridized carbons (Fsp3) is 0.385. The van der Waals surface area contributed by atoms with Gasteiger partial charge >= 0.3 is 5.97 Å². The van der Waals surface area contributed by atoms with Crippen molar-refractivity contribution in [1.29, 1.82) is 0 Å². The first-order valence-electron chi connectivity index (χ1n) is 6.06. The number of likely N-dealkylation sites (tertiary alicyclic amines) is 1. The summed E-state index contributed by atoms with van der Waals surface area (Å²) in [5.74, 6) is -2.02. The van der Waals surface area contributed by atoms with Crippen molar-refractivity contribution in [1.82, 2.24) is 4.90 Å². The third kappa shape index (κ3) is 3.29. The van der Waals surface area contributed by atoms with E-state index in [0.717, 1.165) is 16.7 Å². The Balaban J connectivity index is 1.98. The Hall–Kier alpha value is -1.60. The summed E-state index contributed by atoms with van der Waals surface area (Å²) in [6.07, 6.45) is -0.788. The second kappa shape index (κ2) is 6.23. The van der Waals surface area contributed by atoms with E-state index in [4.69, 9.17) is 5.11 Å². The number of carboxylic acid groups (broad SMARTS) is 1. The van der Waals surface area contributed by atoms with E-state index in [1.807, 2.05) is 0 Å². The molecule has 1 aliphatic rings. The van der Waals surface area contributed by atoms with E-state index in [-0.39, 0.29) is 18.7 Å². The summed E-state index contributed by atoms with van der Waals surface area (Å²) in [6, 6.07) is 5.07. The minimum Gasteiger partial charge on any atom is -0.480 e. The zero-order chi connectivity index (χ0) is 14.7. The van der Waals surface area contributed by atoms with Crippen molar-refractivity contribution in [3.63, 3.8) is 0 Å². The lowest BCUT2D eigenvalue weighted by Crippen LogP contribution is -2.41. The molecule has 108 valence electrons. The van der Waals surface area contributed by atoms with Crippen LogP contribution in [0.25, 0.3) is 0 Å². The lowest BCUT2D eigenvalue weighted by atomic mass is 10.2. The predicted molar refractivity (Wildman–Crippen MR) is 70.9 cm³/mol. The Bertz CT molecular complexity index is 525. The summed E-state index contributed by atoms with van der Waals surface area (Å²) in [5, 5.41) is 18.5. The van der Waals surface area contributed by atoms with Crippen LogP contribution in [0.15, 0.2) is 29.2 Å². The van der Waals surface area contributed by atoms with Gasteiger partial charge in [-0.3, -0.25) is 4.79 Å². The maximum absolute atomic E-state index is 13.4. The largest absolute Gasteiger partial charge is 0.480 e. The lowest BCUT2D eigenvalue weighted by Gasteiger charge is -2.20. The molecular weight excluding hydrogens is 285 g/mol. The number of hydrogen-bond donors (Lipinski definition) is 2. The number of carbonyl (C=O) groups excluding carboxylic acids is 1. The van der Waals surface area contributed by atoms with Gasteiger partial charge in [0.25, 0.3) is 0 Å². The van der Waals surface area contributed by atoms with Gasteiger partial charge in [0.2, 0.25) is 5.91 Å². The minimum atomic E-state index is -1.13. The molecule has 7 heteroatoms. The molecule has 0 bridgehead atoms. The van der Waals surface area contributed by atoms with Crippen molar-refractivity contribution in [2.45, 2.75) is 23.5 Å². The number of carboxylic acids is 1. The first-order chi connectivity index (χ1) is 9.49. The minimum absolute atomic E-state index is 0.00757. The number of aliphatic carboxylic acids is 1. The molecule has 1 aromatic carbocycles. The Morgan fingerprint density at radius 2 is 2.10 bits per heavy atom. The van der Waals surface area contributed by atoms with Crippen LogP contribution in [-0.2, 0) is 9.59 Å². The number of hydrogen-bond acceptors (Lipinski definition) is 4. The fourth-order valence-corrected chi connectivity index (χ4v) is 2.93. The van der Waals surface area contributed by atoms with Gasteiger partial charge in [-0.2, -0.15) is 0 Å². The van der Waals surface area contributed by atoms with Gasteiger partial charge in [0.05, 0.1) is 11.9 Å². The molecule has 1 aliphatic heterocycles. The molecule has 5 nitrogen and oxygen atoms in total. The number of thioether (sulfide) groups is 1. The van der Waals surface area contributed by atoms with Gasteiger partial charge in [-0.05, 0) is 12.1 Å². The number of nitrogens with zero attached hydrogens (tertiary/aromatic N) is 1. The summed E-state index contributed by atoms with van der Waals surface area (Å²) in [6.45, 7) is 0.00757. The van der Waals surface area contributed by atoms with E-state index < -0.39 is 29.8 Å². The van der Waals surface area contributed by atoms with Crippen molar-refractivity contribution < 1.29 is 24.2 Å². The Kier molecular flexibility index (Phi) is 4.61. The zero-order valence-electron chi connectivity index (χ0n) is 10.5. The smallest absolute Gasteiger partial charge is 0.326 e. The van der Waals surface area contributed by atoms with Gasteiger partial charge < -0.3 is 15.1 Å². The summed E-state index contributed by atoms with van der Waals surface area (Å²) < 4.78 is 13.4. The molecule has 0 aromatic heterocycles. The summed E-state index contributed by atoms with van der Waals surface area (Å²) in [7, 11) is 0. The monoisotopic (exact) mass is 299 g/mol. The standard InChI is InChI=1S/C13H14FNO4S/c14-9-3-1-2-4-11(9)20-7-12(17)15-6-8(16)5-10(15)13(18)19/h1-4,8,10,16H,5-7H2,(H,18,19)/t8?,10-/m0/s1. The van der Waals surface area contributed by atoms with Gasteiger partial charge in [0.1, 0.15) is 11.9 Å². The first-order valence-corrected chi connectivity index (χ1v) is 7.05. The number of rotatable bonds is 4. The second-order valence-electron chi connectivity index (χ2n) is 4.51. The topological polar surface area (TPSA) is 77.8 Å². The van der Waals surface area contributed by atoms with Crippen LogP contribution in [0.4, 0.5) is 4.39 Å². The molecule has 0 spiro atoms. The van der Waals surface area contributed by atoms with Crippen molar-refractivity contribution in [2.24, 2.45) is 0 Å². The highest BCUT2D eigenvalue weighted by Gasteiger charge is 2.38. The Morgan fingerprint density at radius 1 is 1.40 bits per heavy atom. The molecule has 0 radical (unpaired) electrons. The van der Waals surface area contributed by atoms with Gasteiger partial charge in [0, 0.05) is 17.9 Å². The maximum atomic E-state index is 13.4. The zero-order valence-corrected chi connectivity index (χ0v) is 11.3. The Morgan fingerprint density at radius 3 is 2.75 bits per heavy atom. The third-order valence-corrected chi connectivity index (χ3v) is 4.11. The number of aliphatic hydroxyl groups is 1. The average molecular weight is 299 g/mol. The van der Waals surface area contributed by atoms with E-state index in [9.17, 15) is 19.1 Å². The molecule has 2 atom stereocenters. The number of carbonyl (C=O) groups is 2. The lowest BCUT2D eigenvalue weighted by molar-refractivity contribution is -0.147. The summed E-state index contributed by atoms with van der Waals surface area (Å²) >= 11 is 1.02. The second-order valence-corrected chi connectivity index (χ2v) is 5.53. The molecule has 1 amide bonds. The molecular formula is C13H14FNO4S. The van der Waals surface area contributed by atoms with Crippen LogP contribution in [-0.4, -0.2) is 51.4 Å². The number of aliphatic hydroxyl groups excluding tert-OH is 1. The predicted octanol–water partition coefficient (Wildman–Crippen LogP) is 0.964. The van der Waals surface area contributed by atoms with Crippen molar-refractivity contribution in [3.05, 3.63) is 30.1 Å². The molecule has 1 aromatic rings. The number of β-amino-alcohol motifs (C(OH)–C–C–N with tert-alkyl or cyclic N) is 1. The fourth-order valence-electron chi connectivity index (χ4n) is 2.11. The quantitative estimate of drug-likeness (QED) is 0.810. The van der Waals surface area contributed by atoms with E-state index >= 15 is 0 Å². The van der Waals surface area contributed by atoms with Gasteiger partial charge in [-0.1, -0.05) is 12.1 Å². The van der Waals surface area contributed by atoms with Crippen molar-refractivity contribution in [2.75, 3.05) is 12.3 Å². The highest BCUT2D eigenvalue weighted by Crippen LogP contribution is 2.24. The number of benzene rings is 1. The van der Waals surface area contributed by atoms with Crippen LogP contribution in [0.3, 0.4) is 0 Å². The van der Waals surface area contributed by atoms with E-state index in [2.05, 4.69) is 0 Å². The molecule has 0 saturated carbocycles. The van der Waals surface area contributed by atoms with Crippen LogP contribution in [0.5, 0.6) is 0 Å². The molecule has 0 aliphatic carbocycles. The van der Waals surface area contributed by atoms with E-state index in [1.54, 1.807) is 18.2 Å². The number of amides is 1. The van der Waals surface area contributed by atoms with Gasteiger partial charge in [-0.25, -0.2) is 9.18 Å². The van der Waals surface area contributed by atoms with Crippen LogP contribution in [0.2, 0.25) is 0 Å². The molecule has 20 heavy (non-hydrogen) atoms. The van der Waals surface area contributed by atoms with Crippen LogP contribution in [0, 0.1) is 5.82 Å². The normalized spacial score (nSPS) is 22.0. The molecule has 1 unspecified atom stereocenters. The highest BCUT2D eigenvalue weighted by molar-refractivity contribution is 8.00. The SMILES string of the molecule is O=C(O)[C@@H]1CC(O)CN1C(=O)CSc1ccccc1F. The third-order valence-electron chi connectivity index (χ3n) is 3.07. The van der Waals surface area contributed by atoms with Crippen molar-refractivity contribution >= 4 is 23.6 Å². The van der Waals surface area contributed by atoms with Crippen LogP contribution in [0.1, 0.15) is 6.42 Å². The molecule has 2 rings (SSSR count). The van der Waals surface area contributed by atoms with Gasteiger partial charge in [0.15, 0.2) is 0 Å². The summed E-state index contributed by atoms with van der Waals surface area (Å²) in [4.78, 5) is 24.5. The van der Waals surface area contributed by atoms with Crippen molar-refractivity contribution in [3.8, 4) is 0 Å². The first kappa shape index (κ1) is 14.8. The maximum Gasteiger partial charge on any atom is 0.326 e. The Labute approximate surface area is 119 Å². The van der Waals surface area contributed by atoms with E-state index in [1.165, 1.54) is 6.07 Å². The molecule has 1 saturated heterocycles. The molecule has 1 heterocycles. The molecule has 2 N–H and O–H groups in total. The summed E-state index contributed by atoms with van der Waals surface area (Å²) in [5.41, 5.74) is 0.